The predicted octanol–water partition coefficient (Wildman–Crippen LogP) is 3.44. The maximum Gasteiger partial charge on any atom is 0.188 e. The van der Waals surface area contributed by atoms with Gasteiger partial charge in [0.25, 0.3) is 0 Å². The van der Waals surface area contributed by atoms with Crippen molar-refractivity contribution in [2.75, 3.05) is 0 Å². The first-order valence-corrected chi connectivity index (χ1v) is 4.98. The smallest absolute Gasteiger partial charge is 0.188 e. The minimum atomic E-state index is -0.649. The van der Waals surface area contributed by atoms with Gasteiger partial charge in [0.05, 0.1) is 11.8 Å². The zero-order chi connectivity index (χ0) is 10.7. The second-order valence-electron chi connectivity index (χ2n) is 3.15. The number of ketones is 1. The van der Waals surface area contributed by atoms with Crippen molar-refractivity contribution in [1.29, 1.82) is 0 Å². The van der Waals surface area contributed by atoms with Gasteiger partial charge < -0.3 is 4.42 Å². The number of hydrogen-bond donors (Lipinski definition) is 0. The highest BCUT2D eigenvalue weighted by Gasteiger charge is 2.19. The molecule has 76 valence electrons. The van der Waals surface area contributed by atoms with E-state index in [2.05, 4.69) is 0 Å². The van der Waals surface area contributed by atoms with Gasteiger partial charge in [-0.15, -0.1) is 11.6 Å². The largest absolute Gasteiger partial charge is 0.472 e. The van der Waals surface area contributed by atoms with Crippen LogP contribution >= 0.6 is 11.6 Å². The van der Waals surface area contributed by atoms with E-state index < -0.39 is 5.38 Å². The van der Waals surface area contributed by atoms with Crippen LogP contribution in [0.25, 0.3) is 0 Å². The van der Waals surface area contributed by atoms with Crippen molar-refractivity contribution in [3.05, 3.63) is 60.1 Å². The summed E-state index contributed by atoms with van der Waals surface area (Å²) in [4.78, 5) is 11.8. The molecule has 0 spiro atoms. The van der Waals surface area contributed by atoms with Gasteiger partial charge in [-0.3, -0.25) is 4.79 Å². The molecule has 2 rings (SSSR count). The van der Waals surface area contributed by atoms with E-state index in [1.165, 1.54) is 12.5 Å². The van der Waals surface area contributed by atoms with Crippen molar-refractivity contribution in [1.82, 2.24) is 0 Å². The molecule has 0 aliphatic rings. The third-order valence-corrected chi connectivity index (χ3v) is 2.58. The number of Topliss-reactive ketones (excluding diaryl/α,β-unsaturated/α-hetero) is 1. The number of furan rings is 1. The van der Waals surface area contributed by atoms with Crippen LogP contribution in [0.3, 0.4) is 0 Å². The molecule has 2 nitrogen and oxygen atoms in total. The molecule has 15 heavy (non-hydrogen) atoms. The van der Waals surface area contributed by atoms with Crippen LogP contribution in [0.2, 0.25) is 0 Å². The van der Waals surface area contributed by atoms with Gasteiger partial charge in [0.2, 0.25) is 0 Å². The maximum absolute atomic E-state index is 11.8. The van der Waals surface area contributed by atoms with Crippen molar-refractivity contribution in [3.8, 4) is 0 Å². The molecule has 2 aromatic rings. The predicted molar refractivity (Wildman–Crippen MR) is 58.1 cm³/mol. The highest BCUT2D eigenvalue weighted by atomic mass is 35.5. The van der Waals surface area contributed by atoms with Crippen LogP contribution in [0, 0.1) is 0 Å². The first kappa shape index (κ1) is 9.99. The third-order valence-electron chi connectivity index (χ3n) is 2.13. The Kier molecular flexibility index (Phi) is 2.88. The third kappa shape index (κ3) is 2.10. The number of benzene rings is 1. The van der Waals surface area contributed by atoms with E-state index in [1.807, 2.05) is 30.3 Å². The van der Waals surface area contributed by atoms with Crippen LogP contribution in [0.1, 0.15) is 21.3 Å². The highest BCUT2D eigenvalue weighted by Crippen LogP contribution is 2.24. The van der Waals surface area contributed by atoms with E-state index in [4.69, 9.17) is 16.0 Å². The van der Waals surface area contributed by atoms with Crippen molar-refractivity contribution in [2.24, 2.45) is 0 Å². The average molecular weight is 221 g/mol. The molecule has 0 amide bonds. The van der Waals surface area contributed by atoms with Crippen LogP contribution in [0.15, 0.2) is 53.3 Å². The average Bonchev–Trinajstić information content (AvgIpc) is 2.82. The molecule has 0 aliphatic carbocycles. The van der Waals surface area contributed by atoms with Crippen molar-refractivity contribution < 1.29 is 9.21 Å². The summed E-state index contributed by atoms with van der Waals surface area (Å²) < 4.78 is 4.84. The minimum absolute atomic E-state index is 0.142. The summed E-state index contributed by atoms with van der Waals surface area (Å²) in [5.74, 6) is -0.142. The second kappa shape index (κ2) is 4.32. The Hall–Kier alpha value is -1.54. The lowest BCUT2D eigenvalue weighted by Gasteiger charge is -2.06. The Balaban J connectivity index is 2.23. The number of carbonyl (C=O) groups is 1. The van der Waals surface area contributed by atoms with E-state index in [1.54, 1.807) is 6.07 Å². The molecule has 1 unspecified atom stereocenters. The second-order valence-corrected chi connectivity index (χ2v) is 3.59. The minimum Gasteiger partial charge on any atom is -0.472 e. The van der Waals surface area contributed by atoms with Crippen LogP contribution in [-0.2, 0) is 0 Å². The summed E-state index contributed by atoms with van der Waals surface area (Å²) in [5, 5.41) is -0.649. The molecule has 1 aromatic heterocycles. The molecule has 0 radical (unpaired) electrons. The molecule has 0 saturated carbocycles. The van der Waals surface area contributed by atoms with Gasteiger partial charge in [0, 0.05) is 0 Å². The van der Waals surface area contributed by atoms with E-state index in [9.17, 15) is 4.79 Å². The Labute approximate surface area is 92.5 Å². The lowest BCUT2D eigenvalue weighted by molar-refractivity contribution is 0.0986. The first-order chi connectivity index (χ1) is 7.29. The Morgan fingerprint density at radius 2 is 1.93 bits per heavy atom. The normalized spacial score (nSPS) is 12.3. The zero-order valence-electron chi connectivity index (χ0n) is 7.89. The quantitative estimate of drug-likeness (QED) is 0.586. The standard InChI is InChI=1S/C12H9ClO2/c13-11(9-4-2-1-3-5-9)12(14)10-6-7-15-8-10/h1-8,11H. The number of alkyl halides is 1. The first-order valence-electron chi connectivity index (χ1n) is 4.54. The van der Waals surface area contributed by atoms with Crippen molar-refractivity contribution >= 4 is 17.4 Å². The Morgan fingerprint density at radius 1 is 1.20 bits per heavy atom. The molecule has 0 fully saturated rings. The molecule has 1 heterocycles. The van der Waals surface area contributed by atoms with E-state index in [0.29, 0.717) is 5.56 Å². The molecule has 3 heteroatoms. The fraction of sp³-hybridized carbons (Fsp3) is 0.0833. The number of hydrogen-bond acceptors (Lipinski definition) is 2. The van der Waals surface area contributed by atoms with E-state index in [-0.39, 0.29) is 5.78 Å². The van der Waals surface area contributed by atoms with Crippen molar-refractivity contribution in [2.45, 2.75) is 5.38 Å². The molecule has 0 aliphatic heterocycles. The van der Waals surface area contributed by atoms with Gasteiger partial charge in [0.15, 0.2) is 5.78 Å². The van der Waals surface area contributed by atoms with Crippen LogP contribution in [0.5, 0.6) is 0 Å². The summed E-state index contributed by atoms with van der Waals surface area (Å²) in [6.45, 7) is 0. The number of halogens is 1. The van der Waals surface area contributed by atoms with Crippen molar-refractivity contribution in [3.63, 3.8) is 0 Å². The lowest BCUT2D eigenvalue weighted by atomic mass is 10.1. The molecular weight excluding hydrogens is 212 g/mol. The summed E-state index contributed by atoms with van der Waals surface area (Å²) in [7, 11) is 0. The SMILES string of the molecule is O=C(c1ccoc1)C(Cl)c1ccccc1. The fourth-order valence-corrected chi connectivity index (χ4v) is 1.60. The van der Waals surface area contributed by atoms with Gasteiger partial charge in [-0.2, -0.15) is 0 Å². The summed E-state index contributed by atoms with van der Waals surface area (Å²) in [6, 6.07) is 10.9. The van der Waals surface area contributed by atoms with Crippen LogP contribution in [0.4, 0.5) is 0 Å². The summed E-state index contributed by atoms with van der Waals surface area (Å²) >= 11 is 6.06. The lowest BCUT2D eigenvalue weighted by Crippen LogP contribution is -2.05. The number of rotatable bonds is 3. The van der Waals surface area contributed by atoms with E-state index in [0.717, 1.165) is 5.56 Å². The monoisotopic (exact) mass is 220 g/mol. The Bertz CT molecular complexity index is 434. The molecule has 1 aromatic carbocycles. The molecule has 0 bridgehead atoms. The highest BCUT2D eigenvalue weighted by molar-refractivity contribution is 6.33. The van der Waals surface area contributed by atoms with Gasteiger partial charge in [-0.05, 0) is 11.6 Å². The maximum atomic E-state index is 11.8. The van der Waals surface area contributed by atoms with Crippen LogP contribution in [-0.4, -0.2) is 5.78 Å². The fourth-order valence-electron chi connectivity index (χ4n) is 1.32. The van der Waals surface area contributed by atoms with Gasteiger partial charge in [-0.25, -0.2) is 0 Å². The van der Waals surface area contributed by atoms with Gasteiger partial charge >= 0.3 is 0 Å². The molecule has 0 saturated heterocycles. The zero-order valence-corrected chi connectivity index (χ0v) is 8.65. The number of carbonyl (C=O) groups excluding carboxylic acids is 1. The molecule has 1 atom stereocenters. The van der Waals surface area contributed by atoms with Gasteiger partial charge in [-0.1, -0.05) is 30.3 Å². The van der Waals surface area contributed by atoms with Gasteiger partial charge in [0.1, 0.15) is 11.6 Å². The summed E-state index contributed by atoms with van der Waals surface area (Å²) in [6.07, 6.45) is 2.86. The summed E-state index contributed by atoms with van der Waals surface area (Å²) in [5.41, 5.74) is 1.30. The topological polar surface area (TPSA) is 30.2 Å². The molecule has 0 N–H and O–H groups in total. The Morgan fingerprint density at radius 3 is 2.53 bits per heavy atom. The van der Waals surface area contributed by atoms with Crippen LogP contribution < -0.4 is 0 Å². The molecular formula is C12H9ClO2. The van der Waals surface area contributed by atoms with E-state index >= 15 is 0 Å².